The standard InChI is InChI=1S/C7H8ClNO2S/c1-4-9-7(8)6(12-4)5(3-10)11-2/h3,10H,1-2H3. The summed E-state index contributed by atoms with van der Waals surface area (Å²) in [7, 11) is 1.47. The fourth-order valence-electron chi connectivity index (χ4n) is 0.758. The highest BCUT2D eigenvalue weighted by Crippen LogP contribution is 2.29. The zero-order valence-corrected chi connectivity index (χ0v) is 8.24. The third-order valence-electron chi connectivity index (χ3n) is 1.25. The molecule has 0 spiro atoms. The minimum Gasteiger partial charge on any atom is -0.512 e. The molecule has 1 N–H and O–H groups in total. The molecule has 1 aromatic rings. The van der Waals surface area contributed by atoms with Crippen LogP contribution < -0.4 is 0 Å². The van der Waals surface area contributed by atoms with Crippen LogP contribution in [0.25, 0.3) is 5.76 Å². The Labute approximate surface area is 79.3 Å². The molecule has 0 saturated heterocycles. The summed E-state index contributed by atoms with van der Waals surface area (Å²) in [5, 5.41) is 9.95. The van der Waals surface area contributed by atoms with Crippen LogP contribution in [0.1, 0.15) is 9.88 Å². The number of aliphatic hydroxyl groups excluding tert-OH is 1. The van der Waals surface area contributed by atoms with E-state index in [2.05, 4.69) is 4.98 Å². The number of thiazole rings is 1. The maximum Gasteiger partial charge on any atom is 0.173 e. The van der Waals surface area contributed by atoms with Gasteiger partial charge in [0.05, 0.1) is 12.1 Å². The fraction of sp³-hybridized carbons (Fsp3) is 0.286. The summed E-state index contributed by atoms with van der Waals surface area (Å²) < 4.78 is 4.88. The molecule has 12 heavy (non-hydrogen) atoms. The Morgan fingerprint density at radius 2 is 2.42 bits per heavy atom. The Morgan fingerprint density at radius 1 is 1.75 bits per heavy atom. The number of methoxy groups -OCH3 is 1. The maximum atomic E-state index is 8.75. The van der Waals surface area contributed by atoms with Gasteiger partial charge in [-0.3, -0.25) is 0 Å². The normalized spacial score (nSPS) is 11.8. The van der Waals surface area contributed by atoms with E-state index in [1.165, 1.54) is 18.4 Å². The second kappa shape index (κ2) is 3.78. The predicted molar refractivity (Wildman–Crippen MR) is 49.5 cm³/mol. The number of halogens is 1. The third-order valence-corrected chi connectivity index (χ3v) is 2.62. The lowest BCUT2D eigenvalue weighted by atomic mass is 10.5. The van der Waals surface area contributed by atoms with Crippen molar-refractivity contribution in [1.82, 2.24) is 4.98 Å². The van der Waals surface area contributed by atoms with Crippen LogP contribution in [0.4, 0.5) is 0 Å². The number of ether oxygens (including phenoxy) is 1. The molecule has 0 aliphatic rings. The number of hydrogen-bond donors (Lipinski definition) is 1. The lowest BCUT2D eigenvalue weighted by molar-refractivity contribution is 0.349. The molecule has 0 bridgehead atoms. The second-order valence-corrected chi connectivity index (χ2v) is 3.61. The minimum absolute atomic E-state index is 0.339. The van der Waals surface area contributed by atoms with Crippen LogP contribution in [-0.4, -0.2) is 17.2 Å². The van der Waals surface area contributed by atoms with Crippen LogP contribution in [0.5, 0.6) is 0 Å². The Kier molecular flexibility index (Phi) is 2.94. The van der Waals surface area contributed by atoms with Gasteiger partial charge in [-0.1, -0.05) is 11.6 Å². The average Bonchev–Trinajstić information content (AvgIpc) is 2.34. The first-order valence-corrected chi connectivity index (χ1v) is 4.40. The molecule has 0 aliphatic heterocycles. The molecule has 66 valence electrons. The van der Waals surface area contributed by atoms with Crippen molar-refractivity contribution in [1.29, 1.82) is 0 Å². The first-order chi connectivity index (χ1) is 5.69. The van der Waals surface area contributed by atoms with Gasteiger partial charge in [0.1, 0.15) is 11.1 Å². The number of aryl methyl sites for hydroxylation is 1. The van der Waals surface area contributed by atoms with Crippen LogP contribution in [0.3, 0.4) is 0 Å². The van der Waals surface area contributed by atoms with Crippen molar-refractivity contribution in [2.24, 2.45) is 0 Å². The number of aliphatic hydroxyl groups is 1. The Morgan fingerprint density at radius 3 is 2.75 bits per heavy atom. The third kappa shape index (κ3) is 1.70. The van der Waals surface area contributed by atoms with E-state index in [-0.39, 0.29) is 0 Å². The summed E-state index contributed by atoms with van der Waals surface area (Å²) in [6.45, 7) is 1.84. The van der Waals surface area contributed by atoms with Gasteiger partial charge >= 0.3 is 0 Å². The minimum atomic E-state index is 0.339. The molecule has 0 fully saturated rings. The number of aromatic nitrogens is 1. The highest BCUT2D eigenvalue weighted by atomic mass is 35.5. The maximum absolute atomic E-state index is 8.75. The van der Waals surface area contributed by atoms with Crippen molar-refractivity contribution < 1.29 is 9.84 Å². The molecule has 0 saturated carbocycles. The van der Waals surface area contributed by atoms with Crippen molar-refractivity contribution in [3.63, 3.8) is 0 Å². The SMILES string of the molecule is COC(=CO)c1sc(C)nc1Cl. The van der Waals surface area contributed by atoms with E-state index in [1.807, 2.05) is 6.92 Å². The summed E-state index contributed by atoms with van der Waals surface area (Å²) >= 11 is 7.14. The number of rotatable bonds is 2. The number of hydrogen-bond acceptors (Lipinski definition) is 4. The molecule has 0 unspecified atom stereocenters. The first kappa shape index (κ1) is 9.35. The van der Waals surface area contributed by atoms with Crippen LogP contribution in [0.2, 0.25) is 5.15 Å². The van der Waals surface area contributed by atoms with E-state index < -0.39 is 0 Å². The summed E-state index contributed by atoms with van der Waals surface area (Å²) in [6.07, 6.45) is 0.874. The Hall–Kier alpha value is -0.740. The topological polar surface area (TPSA) is 42.4 Å². The number of nitrogens with zero attached hydrogens (tertiary/aromatic N) is 1. The van der Waals surface area contributed by atoms with E-state index in [4.69, 9.17) is 21.4 Å². The van der Waals surface area contributed by atoms with E-state index in [1.54, 1.807) is 0 Å². The van der Waals surface area contributed by atoms with Gasteiger partial charge in [-0.05, 0) is 6.92 Å². The summed E-state index contributed by atoms with van der Waals surface area (Å²) in [4.78, 5) is 4.63. The van der Waals surface area contributed by atoms with E-state index in [0.29, 0.717) is 15.8 Å². The molecule has 5 heteroatoms. The summed E-state index contributed by atoms with van der Waals surface area (Å²) in [6, 6.07) is 0. The zero-order valence-electron chi connectivity index (χ0n) is 6.67. The van der Waals surface area contributed by atoms with Gasteiger partial charge in [0.25, 0.3) is 0 Å². The molecule has 0 atom stereocenters. The largest absolute Gasteiger partial charge is 0.512 e. The van der Waals surface area contributed by atoms with Crippen molar-refractivity contribution in [2.75, 3.05) is 7.11 Å². The highest BCUT2D eigenvalue weighted by molar-refractivity contribution is 7.13. The lowest BCUT2D eigenvalue weighted by Crippen LogP contribution is -1.83. The molecule has 0 aliphatic carbocycles. The Balaban J connectivity index is 3.09. The molecular weight excluding hydrogens is 198 g/mol. The quantitative estimate of drug-likeness (QED) is 0.755. The zero-order chi connectivity index (χ0) is 9.14. The molecule has 1 rings (SSSR count). The van der Waals surface area contributed by atoms with Gasteiger partial charge in [-0.15, -0.1) is 11.3 Å². The van der Waals surface area contributed by atoms with E-state index >= 15 is 0 Å². The monoisotopic (exact) mass is 205 g/mol. The fourth-order valence-corrected chi connectivity index (χ4v) is 1.94. The molecule has 0 radical (unpaired) electrons. The second-order valence-electron chi connectivity index (χ2n) is 2.05. The molecule has 0 aromatic carbocycles. The van der Waals surface area contributed by atoms with Crippen LogP contribution in [0, 0.1) is 6.92 Å². The molecule has 1 aromatic heterocycles. The van der Waals surface area contributed by atoms with Crippen LogP contribution >= 0.6 is 22.9 Å². The van der Waals surface area contributed by atoms with Gasteiger partial charge in [-0.2, -0.15) is 0 Å². The van der Waals surface area contributed by atoms with Crippen molar-refractivity contribution in [2.45, 2.75) is 6.92 Å². The first-order valence-electron chi connectivity index (χ1n) is 3.20. The predicted octanol–water partition coefficient (Wildman–Crippen LogP) is 2.61. The van der Waals surface area contributed by atoms with Gasteiger partial charge < -0.3 is 9.84 Å². The van der Waals surface area contributed by atoms with Gasteiger partial charge in [-0.25, -0.2) is 4.98 Å². The molecule has 1 heterocycles. The van der Waals surface area contributed by atoms with Gasteiger partial charge in [0, 0.05) is 0 Å². The lowest BCUT2D eigenvalue weighted by Gasteiger charge is -1.99. The summed E-state index contributed by atoms with van der Waals surface area (Å²) in [5.41, 5.74) is 0. The van der Waals surface area contributed by atoms with Crippen molar-refractivity contribution in [3.8, 4) is 0 Å². The van der Waals surface area contributed by atoms with Gasteiger partial charge in [0.2, 0.25) is 0 Å². The Bertz CT molecular complexity index is 308. The van der Waals surface area contributed by atoms with E-state index in [9.17, 15) is 0 Å². The van der Waals surface area contributed by atoms with Gasteiger partial charge in [0.15, 0.2) is 10.9 Å². The summed E-state index contributed by atoms with van der Waals surface area (Å²) in [5.74, 6) is 0.339. The van der Waals surface area contributed by atoms with E-state index in [0.717, 1.165) is 11.3 Å². The van der Waals surface area contributed by atoms with Crippen LogP contribution in [0.15, 0.2) is 6.26 Å². The van der Waals surface area contributed by atoms with Crippen molar-refractivity contribution in [3.05, 3.63) is 21.3 Å². The van der Waals surface area contributed by atoms with Crippen LogP contribution in [-0.2, 0) is 4.74 Å². The average molecular weight is 206 g/mol. The van der Waals surface area contributed by atoms with Crippen molar-refractivity contribution >= 4 is 28.7 Å². The molecular formula is C7H8ClNO2S. The smallest absolute Gasteiger partial charge is 0.173 e. The molecule has 0 amide bonds. The highest BCUT2D eigenvalue weighted by Gasteiger charge is 2.11. The molecule has 3 nitrogen and oxygen atoms in total.